The van der Waals surface area contributed by atoms with Crippen LogP contribution < -0.4 is 4.90 Å². The van der Waals surface area contributed by atoms with Gasteiger partial charge in [-0.15, -0.1) is 5.10 Å². The second kappa shape index (κ2) is 6.19. The van der Waals surface area contributed by atoms with Crippen LogP contribution in [0.5, 0.6) is 0 Å². The summed E-state index contributed by atoms with van der Waals surface area (Å²) in [5, 5.41) is 20.0. The van der Waals surface area contributed by atoms with Gasteiger partial charge in [0.25, 0.3) is 0 Å². The van der Waals surface area contributed by atoms with E-state index in [1.54, 1.807) is 0 Å². The number of halogens is 6. The summed E-state index contributed by atoms with van der Waals surface area (Å²) < 4.78 is 80.6. The summed E-state index contributed by atoms with van der Waals surface area (Å²) >= 11 is 0. The highest BCUT2D eigenvalue weighted by atomic mass is 19.4. The number of hydrogen-bond acceptors (Lipinski definition) is 5. The van der Waals surface area contributed by atoms with Gasteiger partial charge in [-0.2, -0.15) is 30.9 Å². The van der Waals surface area contributed by atoms with Gasteiger partial charge in [-0.1, -0.05) is 0 Å². The summed E-state index contributed by atoms with van der Waals surface area (Å²) in [5.74, 6) is 0. The third kappa shape index (κ3) is 3.01. The minimum atomic E-state index is -4.82. The maximum Gasteiger partial charge on any atom is 0.417 e. The van der Waals surface area contributed by atoms with Crippen LogP contribution in [0.2, 0.25) is 0 Å². The largest absolute Gasteiger partial charge is 0.417 e. The van der Waals surface area contributed by atoms with Gasteiger partial charge in [0.2, 0.25) is 0 Å². The Morgan fingerprint density at radius 3 is 2.54 bits per heavy atom. The molecule has 4 rings (SSSR count). The highest BCUT2D eigenvalue weighted by Gasteiger charge is 2.47. The molecule has 1 aromatic carbocycles. The molecule has 1 saturated heterocycles. The minimum absolute atomic E-state index is 0.0747. The number of anilines is 1. The molecule has 0 spiro atoms. The molecule has 0 saturated carbocycles. The van der Waals surface area contributed by atoms with E-state index in [4.69, 9.17) is 0 Å². The van der Waals surface area contributed by atoms with Crippen LogP contribution in [0.25, 0.3) is 16.6 Å². The lowest BCUT2D eigenvalue weighted by atomic mass is 10.0. The summed E-state index contributed by atoms with van der Waals surface area (Å²) in [4.78, 5) is 1.29. The average molecular weight is 405 g/mol. The summed E-state index contributed by atoms with van der Waals surface area (Å²) in [7, 11) is 0. The molecular weight excluding hydrogens is 392 g/mol. The SMILES string of the molecule is O[C@@H]([C@H]1CCCN1c1ccc2c(c1)c(C(F)(F)F)cc1nnnn12)C(F)(F)F. The first-order chi connectivity index (χ1) is 13.1. The zero-order valence-corrected chi connectivity index (χ0v) is 14.0. The van der Waals surface area contributed by atoms with E-state index in [2.05, 4.69) is 15.5 Å². The Bertz CT molecular complexity index is 1030. The molecule has 28 heavy (non-hydrogen) atoms. The molecule has 0 aliphatic carbocycles. The predicted molar refractivity (Wildman–Crippen MR) is 85.7 cm³/mol. The maximum absolute atomic E-state index is 13.5. The fourth-order valence-electron chi connectivity index (χ4n) is 3.66. The Morgan fingerprint density at radius 1 is 1.11 bits per heavy atom. The molecule has 1 fully saturated rings. The van der Waals surface area contributed by atoms with Gasteiger partial charge in [-0.25, -0.2) is 0 Å². The Morgan fingerprint density at radius 2 is 1.86 bits per heavy atom. The molecule has 0 bridgehead atoms. The van der Waals surface area contributed by atoms with Gasteiger partial charge in [-0.05, 0) is 47.5 Å². The first-order valence-corrected chi connectivity index (χ1v) is 8.31. The number of aromatic nitrogens is 4. The van der Waals surface area contributed by atoms with Crippen LogP contribution in [-0.4, -0.2) is 50.0 Å². The first kappa shape index (κ1) is 18.7. The Kier molecular flexibility index (Phi) is 4.14. The molecule has 0 radical (unpaired) electrons. The van der Waals surface area contributed by atoms with Crippen molar-refractivity contribution in [1.29, 1.82) is 0 Å². The van der Waals surface area contributed by atoms with Crippen molar-refractivity contribution in [2.75, 3.05) is 11.4 Å². The molecule has 2 atom stereocenters. The molecule has 12 heteroatoms. The predicted octanol–water partition coefficient (Wildman–Crippen LogP) is 3.19. The molecule has 1 N–H and O–H groups in total. The lowest BCUT2D eigenvalue weighted by Crippen LogP contribution is -2.47. The number of aliphatic hydroxyl groups excluding tert-OH is 1. The number of fused-ring (bicyclic) bond motifs is 3. The molecule has 0 unspecified atom stereocenters. The molecule has 1 aliphatic rings. The van der Waals surface area contributed by atoms with Crippen LogP contribution in [0.4, 0.5) is 32.0 Å². The van der Waals surface area contributed by atoms with Gasteiger partial charge in [0.15, 0.2) is 11.8 Å². The van der Waals surface area contributed by atoms with E-state index in [9.17, 15) is 31.4 Å². The maximum atomic E-state index is 13.5. The molecule has 150 valence electrons. The zero-order chi connectivity index (χ0) is 20.3. The summed E-state index contributed by atoms with van der Waals surface area (Å²) in [6.45, 7) is 0.192. The highest BCUT2D eigenvalue weighted by Crippen LogP contribution is 2.39. The topological polar surface area (TPSA) is 66.5 Å². The van der Waals surface area contributed by atoms with E-state index in [-0.39, 0.29) is 35.2 Å². The molecular formula is C16H13F6N5O. The van der Waals surface area contributed by atoms with Crippen molar-refractivity contribution < 1.29 is 31.4 Å². The fourth-order valence-corrected chi connectivity index (χ4v) is 3.66. The highest BCUT2D eigenvalue weighted by molar-refractivity contribution is 5.88. The number of pyridine rings is 1. The number of benzene rings is 1. The van der Waals surface area contributed by atoms with Crippen molar-refractivity contribution in [2.24, 2.45) is 0 Å². The third-order valence-electron chi connectivity index (χ3n) is 4.90. The van der Waals surface area contributed by atoms with E-state index < -0.39 is 30.1 Å². The van der Waals surface area contributed by atoms with E-state index in [0.717, 1.165) is 10.6 Å². The van der Waals surface area contributed by atoms with Gasteiger partial charge in [0.05, 0.1) is 17.1 Å². The van der Waals surface area contributed by atoms with Gasteiger partial charge in [-0.3, -0.25) is 0 Å². The molecule has 6 nitrogen and oxygen atoms in total. The Labute approximate surface area is 153 Å². The van der Waals surface area contributed by atoms with Gasteiger partial charge >= 0.3 is 12.4 Å². The van der Waals surface area contributed by atoms with Crippen LogP contribution in [-0.2, 0) is 6.18 Å². The molecule has 0 amide bonds. The molecule has 3 heterocycles. The lowest BCUT2D eigenvalue weighted by molar-refractivity contribution is -0.209. The summed E-state index contributed by atoms with van der Waals surface area (Å²) in [5.41, 5.74) is -0.847. The molecule has 2 aromatic heterocycles. The quantitative estimate of drug-likeness (QED) is 0.664. The number of alkyl halides is 6. The van der Waals surface area contributed by atoms with Crippen LogP contribution in [0, 0.1) is 0 Å². The zero-order valence-electron chi connectivity index (χ0n) is 14.0. The van der Waals surface area contributed by atoms with E-state index in [0.29, 0.717) is 6.42 Å². The summed E-state index contributed by atoms with van der Waals surface area (Å²) in [6.07, 6.45) is -11.7. The third-order valence-corrected chi connectivity index (χ3v) is 4.90. The number of tetrazole rings is 1. The smallest absolute Gasteiger partial charge is 0.382 e. The van der Waals surface area contributed by atoms with E-state index in [1.807, 2.05) is 0 Å². The average Bonchev–Trinajstić information content (AvgIpc) is 3.27. The van der Waals surface area contributed by atoms with Crippen molar-refractivity contribution in [3.8, 4) is 0 Å². The second-order valence-corrected chi connectivity index (χ2v) is 6.60. The van der Waals surface area contributed by atoms with E-state index >= 15 is 0 Å². The Hall–Kier alpha value is -2.63. The second-order valence-electron chi connectivity index (χ2n) is 6.60. The van der Waals surface area contributed by atoms with Crippen molar-refractivity contribution in [3.63, 3.8) is 0 Å². The van der Waals surface area contributed by atoms with Gasteiger partial charge in [0, 0.05) is 17.6 Å². The van der Waals surface area contributed by atoms with E-state index in [1.165, 1.54) is 23.1 Å². The van der Waals surface area contributed by atoms with Crippen LogP contribution in [0.1, 0.15) is 18.4 Å². The lowest BCUT2D eigenvalue weighted by Gasteiger charge is -2.31. The fraction of sp³-hybridized carbons (Fsp3) is 0.438. The molecule has 3 aromatic rings. The van der Waals surface area contributed by atoms with Crippen molar-refractivity contribution in [1.82, 2.24) is 20.0 Å². The normalized spacial score (nSPS) is 19.7. The number of aliphatic hydroxyl groups is 1. The number of hydrogen-bond donors (Lipinski definition) is 1. The number of nitrogens with zero attached hydrogens (tertiary/aromatic N) is 5. The van der Waals surface area contributed by atoms with Crippen molar-refractivity contribution in [3.05, 3.63) is 29.8 Å². The van der Waals surface area contributed by atoms with Crippen LogP contribution >= 0.6 is 0 Å². The van der Waals surface area contributed by atoms with Crippen molar-refractivity contribution in [2.45, 2.75) is 37.3 Å². The summed E-state index contributed by atoms with van der Waals surface area (Å²) in [6, 6.07) is 3.44. The Balaban J connectivity index is 1.86. The van der Waals surface area contributed by atoms with Crippen LogP contribution in [0.15, 0.2) is 24.3 Å². The molecule has 1 aliphatic heterocycles. The minimum Gasteiger partial charge on any atom is -0.382 e. The number of rotatable bonds is 2. The monoisotopic (exact) mass is 405 g/mol. The van der Waals surface area contributed by atoms with Gasteiger partial charge in [0.1, 0.15) is 0 Å². The van der Waals surface area contributed by atoms with Crippen molar-refractivity contribution >= 4 is 22.2 Å². The standard InChI is InChI=1S/C16H13F6N5O/c17-15(18,19)10-7-13-23-24-25-27(13)11-4-3-8(6-9(10)11)26-5-1-2-12(26)14(28)16(20,21)22/h3-4,6-7,12,14,28H,1-2,5H2/t12-,14+/m1/s1. The first-order valence-electron chi connectivity index (χ1n) is 8.31. The van der Waals surface area contributed by atoms with Gasteiger partial charge < -0.3 is 10.0 Å². The van der Waals surface area contributed by atoms with Crippen LogP contribution in [0.3, 0.4) is 0 Å².